The highest BCUT2D eigenvalue weighted by molar-refractivity contribution is 6.07. The summed E-state index contributed by atoms with van der Waals surface area (Å²) in [5, 5.41) is 0.818. The molecule has 2 aromatic heterocycles. The first-order valence-corrected chi connectivity index (χ1v) is 9.05. The van der Waals surface area contributed by atoms with Crippen LogP contribution in [-0.4, -0.2) is 29.0 Å². The number of H-pyrrole nitrogens is 1. The van der Waals surface area contributed by atoms with Crippen LogP contribution in [0.3, 0.4) is 0 Å². The summed E-state index contributed by atoms with van der Waals surface area (Å²) in [7, 11) is 1.32. The molecule has 0 unspecified atom stereocenters. The van der Waals surface area contributed by atoms with Crippen molar-refractivity contribution in [1.29, 1.82) is 0 Å². The number of aromatic nitrogens is 2. The van der Waals surface area contributed by atoms with Gasteiger partial charge in [-0.25, -0.2) is 14.6 Å². The molecule has 0 radical (unpaired) electrons. The molecule has 0 saturated heterocycles. The van der Waals surface area contributed by atoms with E-state index < -0.39 is 11.9 Å². The molecule has 0 aliphatic rings. The number of benzene rings is 2. The second kappa shape index (κ2) is 7.98. The van der Waals surface area contributed by atoms with E-state index in [-0.39, 0.29) is 12.2 Å². The lowest BCUT2D eigenvalue weighted by atomic mass is 9.94. The third kappa shape index (κ3) is 3.60. The molecule has 0 aliphatic carbocycles. The van der Waals surface area contributed by atoms with Crippen LogP contribution in [0.2, 0.25) is 0 Å². The van der Waals surface area contributed by atoms with Crippen LogP contribution < -0.4 is 0 Å². The number of ether oxygens (including phenoxy) is 2. The van der Waals surface area contributed by atoms with Gasteiger partial charge in [-0.15, -0.1) is 0 Å². The fourth-order valence-corrected chi connectivity index (χ4v) is 3.26. The Balaban J connectivity index is 1.87. The SMILES string of the molecule is COC(=O)c1c(COC(=O)c2ccc[nH]2)nc2ccccc2c1-c1ccccc1. The van der Waals surface area contributed by atoms with Crippen LogP contribution in [-0.2, 0) is 16.1 Å². The third-order valence-electron chi connectivity index (χ3n) is 4.58. The van der Waals surface area contributed by atoms with Crippen molar-refractivity contribution >= 4 is 22.8 Å². The molecule has 0 aliphatic heterocycles. The van der Waals surface area contributed by atoms with Gasteiger partial charge in [-0.05, 0) is 23.8 Å². The molecule has 2 heterocycles. The van der Waals surface area contributed by atoms with E-state index in [2.05, 4.69) is 9.97 Å². The molecule has 0 bridgehead atoms. The molecular weight excluding hydrogens is 368 g/mol. The van der Waals surface area contributed by atoms with Crippen molar-refractivity contribution in [1.82, 2.24) is 9.97 Å². The highest BCUT2D eigenvalue weighted by Crippen LogP contribution is 2.34. The summed E-state index contributed by atoms with van der Waals surface area (Å²) in [4.78, 5) is 32.4. The molecule has 2 aromatic carbocycles. The number of esters is 2. The number of carbonyl (C=O) groups excluding carboxylic acids is 2. The normalized spacial score (nSPS) is 10.7. The van der Waals surface area contributed by atoms with Gasteiger partial charge in [-0.2, -0.15) is 0 Å². The van der Waals surface area contributed by atoms with E-state index in [9.17, 15) is 9.59 Å². The van der Waals surface area contributed by atoms with Crippen molar-refractivity contribution in [3.8, 4) is 11.1 Å². The molecule has 0 atom stereocenters. The van der Waals surface area contributed by atoms with E-state index in [0.29, 0.717) is 22.5 Å². The van der Waals surface area contributed by atoms with Gasteiger partial charge in [0, 0.05) is 17.1 Å². The lowest BCUT2D eigenvalue weighted by Crippen LogP contribution is -2.14. The summed E-state index contributed by atoms with van der Waals surface area (Å²) in [5.41, 5.74) is 3.21. The average molecular weight is 386 g/mol. The zero-order valence-corrected chi connectivity index (χ0v) is 15.7. The number of hydrogen-bond acceptors (Lipinski definition) is 5. The predicted molar refractivity (Wildman–Crippen MR) is 108 cm³/mol. The summed E-state index contributed by atoms with van der Waals surface area (Å²) in [6.45, 7) is -0.160. The van der Waals surface area contributed by atoms with Gasteiger partial charge in [0.2, 0.25) is 0 Å². The second-order valence-corrected chi connectivity index (χ2v) is 6.34. The number of fused-ring (bicyclic) bond motifs is 1. The van der Waals surface area contributed by atoms with Crippen LogP contribution in [0.1, 0.15) is 26.5 Å². The van der Waals surface area contributed by atoms with Gasteiger partial charge >= 0.3 is 11.9 Å². The van der Waals surface area contributed by atoms with Gasteiger partial charge in [0.1, 0.15) is 12.3 Å². The van der Waals surface area contributed by atoms with E-state index in [4.69, 9.17) is 9.47 Å². The van der Waals surface area contributed by atoms with Gasteiger partial charge in [-0.3, -0.25) is 0 Å². The summed E-state index contributed by atoms with van der Waals surface area (Å²) >= 11 is 0. The van der Waals surface area contributed by atoms with Crippen LogP contribution in [0.25, 0.3) is 22.0 Å². The maximum atomic E-state index is 12.7. The lowest BCUT2D eigenvalue weighted by Gasteiger charge is -2.16. The number of methoxy groups -OCH3 is 1. The fraction of sp³-hybridized carbons (Fsp3) is 0.0870. The van der Waals surface area contributed by atoms with E-state index in [1.54, 1.807) is 18.3 Å². The zero-order chi connectivity index (χ0) is 20.2. The van der Waals surface area contributed by atoms with Crippen LogP contribution in [0, 0.1) is 0 Å². The van der Waals surface area contributed by atoms with Crippen LogP contribution >= 0.6 is 0 Å². The van der Waals surface area contributed by atoms with Crippen LogP contribution in [0.15, 0.2) is 72.9 Å². The molecule has 0 spiro atoms. The Labute approximate surface area is 167 Å². The number of para-hydroxylation sites is 1. The van der Waals surface area contributed by atoms with Crippen molar-refractivity contribution in [2.75, 3.05) is 7.11 Å². The Morgan fingerprint density at radius 1 is 0.931 bits per heavy atom. The molecule has 0 amide bonds. The smallest absolute Gasteiger partial charge is 0.355 e. The Kier molecular flexibility index (Phi) is 5.07. The third-order valence-corrected chi connectivity index (χ3v) is 4.58. The molecule has 144 valence electrons. The molecular formula is C23H18N2O4. The van der Waals surface area contributed by atoms with Gasteiger partial charge in [-0.1, -0.05) is 48.5 Å². The monoisotopic (exact) mass is 386 g/mol. The Morgan fingerprint density at radius 3 is 2.41 bits per heavy atom. The number of carbonyl (C=O) groups is 2. The first-order valence-electron chi connectivity index (χ1n) is 9.05. The van der Waals surface area contributed by atoms with Crippen LogP contribution in [0.4, 0.5) is 0 Å². The molecule has 0 fully saturated rings. The minimum absolute atomic E-state index is 0.160. The fourth-order valence-electron chi connectivity index (χ4n) is 3.26. The van der Waals surface area contributed by atoms with E-state index >= 15 is 0 Å². The lowest BCUT2D eigenvalue weighted by molar-refractivity contribution is 0.0450. The quantitative estimate of drug-likeness (QED) is 0.515. The Morgan fingerprint density at radius 2 is 1.69 bits per heavy atom. The molecule has 1 N–H and O–H groups in total. The van der Waals surface area contributed by atoms with E-state index in [1.807, 2.05) is 54.6 Å². The number of rotatable bonds is 5. The van der Waals surface area contributed by atoms with E-state index in [0.717, 1.165) is 10.9 Å². The number of nitrogens with zero attached hydrogens (tertiary/aromatic N) is 1. The minimum Gasteiger partial charge on any atom is -0.465 e. The molecule has 4 rings (SSSR count). The first kappa shape index (κ1) is 18.4. The van der Waals surface area contributed by atoms with Crippen molar-refractivity contribution in [3.63, 3.8) is 0 Å². The van der Waals surface area contributed by atoms with Crippen molar-refractivity contribution in [3.05, 3.63) is 89.9 Å². The average Bonchev–Trinajstić information content (AvgIpc) is 3.31. The van der Waals surface area contributed by atoms with Gasteiger partial charge in [0.15, 0.2) is 0 Å². The summed E-state index contributed by atoms with van der Waals surface area (Å²) in [5.74, 6) is -1.06. The molecule has 0 saturated carbocycles. The number of aromatic amines is 1. The van der Waals surface area contributed by atoms with Gasteiger partial charge < -0.3 is 14.5 Å². The number of nitrogens with one attached hydrogen (secondary N) is 1. The van der Waals surface area contributed by atoms with Gasteiger partial charge in [0.05, 0.1) is 23.9 Å². The van der Waals surface area contributed by atoms with Gasteiger partial charge in [0.25, 0.3) is 0 Å². The highest BCUT2D eigenvalue weighted by atomic mass is 16.5. The molecule has 6 heteroatoms. The topological polar surface area (TPSA) is 81.3 Å². The van der Waals surface area contributed by atoms with Crippen molar-refractivity contribution in [2.24, 2.45) is 0 Å². The zero-order valence-electron chi connectivity index (χ0n) is 15.7. The summed E-state index contributed by atoms with van der Waals surface area (Å²) in [6.07, 6.45) is 1.64. The maximum absolute atomic E-state index is 12.7. The largest absolute Gasteiger partial charge is 0.465 e. The van der Waals surface area contributed by atoms with Crippen LogP contribution in [0.5, 0.6) is 0 Å². The Bertz CT molecular complexity index is 1170. The number of hydrogen-bond donors (Lipinski definition) is 1. The maximum Gasteiger partial charge on any atom is 0.355 e. The second-order valence-electron chi connectivity index (χ2n) is 6.34. The van der Waals surface area contributed by atoms with E-state index in [1.165, 1.54) is 7.11 Å². The Hall–Kier alpha value is -3.93. The molecule has 29 heavy (non-hydrogen) atoms. The molecule has 6 nitrogen and oxygen atoms in total. The summed E-state index contributed by atoms with van der Waals surface area (Å²) in [6, 6.07) is 20.4. The number of pyridine rings is 1. The highest BCUT2D eigenvalue weighted by Gasteiger charge is 2.24. The predicted octanol–water partition coefficient (Wildman–Crippen LogP) is 4.37. The molecule has 4 aromatic rings. The minimum atomic E-state index is -0.534. The standard InChI is InChI=1S/C23H18N2O4/c1-28-23(27)21-19(14-29-22(26)18-12-7-13-24-18)25-17-11-6-5-10-16(17)20(21)15-8-3-2-4-9-15/h2-13,24H,14H2,1H3. The summed E-state index contributed by atoms with van der Waals surface area (Å²) < 4.78 is 10.4. The van der Waals surface area contributed by atoms with Crippen molar-refractivity contribution < 1.29 is 19.1 Å². The van der Waals surface area contributed by atoms with Crippen molar-refractivity contribution in [2.45, 2.75) is 6.61 Å². The first-order chi connectivity index (χ1) is 14.2.